The first-order valence-electron chi connectivity index (χ1n) is 3.64. The van der Waals surface area contributed by atoms with Crippen molar-refractivity contribution in [3.63, 3.8) is 0 Å². The number of hydrogen-bond donors (Lipinski definition) is 0. The second-order valence-corrected chi connectivity index (χ2v) is 2.96. The zero-order valence-corrected chi connectivity index (χ0v) is 7.35. The van der Waals surface area contributed by atoms with Gasteiger partial charge < -0.3 is 4.90 Å². The molecule has 0 amide bonds. The maximum absolute atomic E-state index is 11.8. The van der Waals surface area contributed by atoms with Gasteiger partial charge in [-0.25, -0.2) is 8.78 Å². The molecule has 0 aliphatic rings. The molecule has 0 N–H and O–H groups in total. The molecule has 0 aliphatic carbocycles. The van der Waals surface area contributed by atoms with E-state index in [-0.39, 0.29) is 6.54 Å². The van der Waals surface area contributed by atoms with Crippen molar-refractivity contribution in [1.82, 2.24) is 9.80 Å². The molecule has 0 fully saturated rings. The molecular formula is C7H16F2N2. The van der Waals surface area contributed by atoms with Crippen LogP contribution >= 0.6 is 0 Å². The van der Waals surface area contributed by atoms with Gasteiger partial charge in [0, 0.05) is 13.1 Å². The van der Waals surface area contributed by atoms with E-state index in [0.717, 1.165) is 6.54 Å². The molecule has 68 valence electrons. The van der Waals surface area contributed by atoms with Crippen molar-refractivity contribution in [2.45, 2.75) is 6.43 Å². The molecular weight excluding hydrogens is 150 g/mol. The minimum Gasteiger partial charge on any atom is -0.308 e. The minimum absolute atomic E-state index is 0.131. The van der Waals surface area contributed by atoms with E-state index in [4.69, 9.17) is 0 Å². The van der Waals surface area contributed by atoms with Gasteiger partial charge in [-0.3, -0.25) is 4.90 Å². The Kier molecular flexibility index (Phi) is 5.32. The van der Waals surface area contributed by atoms with Crippen molar-refractivity contribution in [1.29, 1.82) is 0 Å². The summed E-state index contributed by atoms with van der Waals surface area (Å²) in [6.45, 7) is 1.38. The highest BCUT2D eigenvalue weighted by atomic mass is 19.3. The van der Waals surface area contributed by atoms with Crippen LogP contribution in [0, 0.1) is 0 Å². The Morgan fingerprint density at radius 1 is 1.09 bits per heavy atom. The van der Waals surface area contributed by atoms with Crippen LogP contribution in [0.3, 0.4) is 0 Å². The van der Waals surface area contributed by atoms with Crippen molar-refractivity contribution in [2.75, 3.05) is 40.8 Å². The summed E-state index contributed by atoms with van der Waals surface area (Å²) in [6, 6.07) is 0. The Morgan fingerprint density at radius 2 is 1.64 bits per heavy atom. The van der Waals surface area contributed by atoms with Gasteiger partial charge in [-0.2, -0.15) is 0 Å². The average molecular weight is 166 g/mol. The quantitative estimate of drug-likeness (QED) is 0.594. The monoisotopic (exact) mass is 166 g/mol. The molecule has 0 saturated carbocycles. The molecule has 0 spiro atoms. The van der Waals surface area contributed by atoms with Crippen LogP contribution in [0.4, 0.5) is 8.78 Å². The maximum atomic E-state index is 11.8. The highest BCUT2D eigenvalue weighted by molar-refractivity contribution is 4.54. The lowest BCUT2D eigenvalue weighted by Crippen LogP contribution is -2.31. The third kappa shape index (κ3) is 7.68. The van der Waals surface area contributed by atoms with Gasteiger partial charge in [-0.05, 0) is 21.1 Å². The second-order valence-electron chi connectivity index (χ2n) is 2.96. The molecule has 4 heteroatoms. The van der Waals surface area contributed by atoms with E-state index in [1.165, 1.54) is 0 Å². The number of halogens is 2. The Balaban J connectivity index is 3.29. The van der Waals surface area contributed by atoms with Gasteiger partial charge in [0.1, 0.15) is 0 Å². The second kappa shape index (κ2) is 5.43. The fraction of sp³-hybridized carbons (Fsp3) is 1.00. The first-order valence-corrected chi connectivity index (χ1v) is 3.64. The normalized spacial score (nSPS) is 12.0. The minimum atomic E-state index is -2.22. The van der Waals surface area contributed by atoms with Crippen LogP contribution < -0.4 is 0 Å². The molecule has 0 atom stereocenters. The summed E-state index contributed by atoms with van der Waals surface area (Å²) in [5.41, 5.74) is 0. The third-order valence-corrected chi connectivity index (χ3v) is 1.38. The van der Waals surface area contributed by atoms with E-state index in [1.807, 2.05) is 19.0 Å². The van der Waals surface area contributed by atoms with Crippen LogP contribution in [0.5, 0.6) is 0 Å². The summed E-state index contributed by atoms with van der Waals surface area (Å²) >= 11 is 0. The number of rotatable bonds is 5. The number of hydrogen-bond acceptors (Lipinski definition) is 2. The van der Waals surface area contributed by atoms with Crippen molar-refractivity contribution in [3.8, 4) is 0 Å². The Hall–Kier alpha value is -0.220. The van der Waals surface area contributed by atoms with Crippen molar-refractivity contribution >= 4 is 0 Å². The lowest BCUT2D eigenvalue weighted by atomic mass is 10.5. The summed E-state index contributed by atoms with van der Waals surface area (Å²) in [7, 11) is 5.56. The molecule has 0 aromatic heterocycles. The molecule has 2 nitrogen and oxygen atoms in total. The topological polar surface area (TPSA) is 6.48 Å². The first kappa shape index (κ1) is 10.8. The van der Waals surface area contributed by atoms with E-state index < -0.39 is 6.43 Å². The van der Waals surface area contributed by atoms with E-state index >= 15 is 0 Å². The molecule has 0 saturated heterocycles. The molecule has 0 radical (unpaired) electrons. The van der Waals surface area contributed by atoms with Crippen molar-refractivity contribution in [3.05, 3.63) is 0 Å². The number of alkyl halides is 2. The van der Waals surface area contributed by atoms with Gasteiger partial charge in [0.05, 0.1) is 6.54 Å². The third-order valence-electron chi connectivity index (χ3n) is 1.38. The van der Waals surface area contributed by atoms with Crippen LogP contribution in [-0.4, -0.2) is 57.0 Å². The molecule has 0 rings (SSSR count). The fourth-order valence-corrected chi connectivity index (χ4v) is 0.698. The van der Waals surface area contributed by atoms with Crippen LogP contribution in [0.1, 0.15) is 0 Å². The average Bonchev–Trinajstić information content (AvgIpc) is 1.82. The van der Waals surface area contributed by atoms with E-state index in [2.05, 4.69) is 0 Å². The highest BCUT2D eigenvalue weighted by Gasteiger charge is 2.06. The lowest BCUT2D eigenvalue weighted by molar-refractivity contribution is 0.0973. The maximum Gasteiger partial charge on any atom is 0.251 e. The smallest absolute Gasteiger partial charge is 0.251 e. The molecule has 0 heterocycles. The first-order chi connectivity index (χ1) is 5.02. The summed E-state index contributed by atoms with van der Waals surface area (Å²) in [6.07, 6.45) is -2.22. The van der Waals surface area contributed by atoms with Gasteiger partial charge in [0.25, 0.3) is 6.43 Å². The SMILES string of the molecule is CN(C)CCN(C)CC(F)F. The van der Waals surface area contributed by atoms with Crippen LogP contribution in [0.15, 0.2) is 0 Å². The van der Waals surface area contributed by atoms with Crippen molar-refractivity contribution < 1.29 is 8.78 Å². The van der Waals surface area contributed by atoms with Gasteiger partial charge >= 0.3 is 0 Å². The van der Waals surface area contributed by atoms with Gasteiger partial charge in [-0.1, -0.05) is 0 Å². The standard InChI is InChI=1S/C7H16F2N2/c1-10(2)4-5-11(3)6-7(8)9/h7H,4-6H2,1-3H3. The largest absolute Gasteiger partial charge is 0.308 e. The van der Waals surface area contributed by atoms with Gasteiger partial charge in [0.2, 0.25) is 0 Å². The summed E-state index contributed by atoms with van der Waals surface area (Å²) in [4.78, 5) is 3.60. The molecule has 0 unspecified atom stereocenters. The van der Waals surface area contributed by atoms with Crippen LogP contribution in [0.25, 0.3) is 0 Å². The Bertz CT molecular complexity index is 96.4. The Morgan fingerprint density at radius 3 is 2.00 bits per heavy atom. The number of nitrogens with zero attached hydrogens (tertiary/aromatic N) is 2. The number of likely N-dealkylation sites (N-methyl/N-ethyl adjacent to an activating group) is 2. The zero-order valence-electron chi connectivity index (χ0n) is 7.35. The van der Waals surface area contributed by atoms with E-state index in [0.29, 0.717) is 6.54 Å². The predicted octanol–water partition coefficient (Wildman–Crippen LogP) is 0.745. The predicted molar refractivity (Wildman–Crippen MR) is 42.1 cm³/mol. The lowest BCUT2D eigenvalue weighted by Gasteiger charge is -2.18. The van der Waals surface area contributed by atoms with Gasteiger partial charge in [0.15, 0.2) is 0 Å². The molecule has 0 aromatic carbocycles. The summed E-state index contributed by atoms with van der Waals surface area (Å²) < 4.78 is 23.5. The van der Waals surface area contributed by atoms with Crippen LogP contribution in [-0.2, 0) is 0 Å². The molecule has 0 aliphatic heterocycles. The van der Waals surface area contributed by atoms with E-state index in [1.54, 1.807) is 11.9 Å². The summed E-state index contributed by atoms with van der Waals surface area (Å²) in [5, 5.41) is 0. The zero-order chi connectivity index (χ0) is 8.85. The fourth-order valence-electron chi connectivity index (χ4n) is 0.698. The van der Waals surface area contributed by atoms with E-state index in [9.17, 15) is 8.78 Å². The molecule has 0 bridgehead atoms. The summed E-state index contributed by atoms with van der Waals surface area (Å²) in [5.74, 6) is 0. The molecule has 11 heavy (non-hydrogen) atoms. The van der Waals surface area contributed by atoms with Crippen molar-refractivity contribution in [2.24, 2.45) is 0 Å². The van der Waals surface area contributed by atoms with Gasteiger partial charge in [-0.15, -0.1) is 0 Å². The van der Waals surface area contributed by atoms with Crippen LogP contribution in [0.2, 0.25) is 0 Å². The highest BCUT2D eigenvalue weighted by Crippen LogP contribution is 1.94. The molecule has 0 aromatic rings. The Labute approximate surface area is 66.8 Å².